The molecular weight excluding hydrogens is 275 g/mol. The first kappa shape index (κ1) is 14.5. The largest absolute Gasteiger partial charge is 0.295 e. The van der Waals surface area contributed by atoms with Gasteiger partial charge in [0.1, 0.15) is 5.82 Å². The van der Waals surface area contributed by atoms with Crippen LogP contribution in [-0.2, 0) is 6.54 Å². The van der Waals surface area contributed by atoms with Crippen LogP contribution in [0.1, 0.15) is 23.1 Å². The number of hydrogen-bond donors (Lipinski definition) is 0. The third-order valence-corrected chi connectivity index (χ3v) is 4.02. The second-order valence-electron chi connectivity index (χ2n) is 5.49. The number of benzene rings is 2. The van der Waals surface area contributed by atoms with Crippen molar-refractivity contribution in [2.75, 3.05) is 13.1 Å². The Balaban J connectivity index is 1.71. The number of nitriles is 1. The molecule has 1 heterocycles. The van der Waals surface area contributed by atoms with E-state index in [0.717, 1.165) is 25.1 Å². The van der Waals surface area contributed by atoms with E-state index in [1.54, 1.807) is 6.07 Å². The third-order valence-electron chi connectivity index (χ3n) is 4.02. The maximum Gasteiger partial charge on any atom is 0.123 e. The maximum atomic E-state index is 13.4. The molecule has 3 heteroatoms. The van der Waals surface area contributed by atoms with Crippen LogP contribution in [0, 0.1) is 17.1 Å². The van der Waals surface area contributed by atoms with Crippen LogP contribution in [0.4, 0.5) is 4.39 Å². The second kappa shape index (κ2) is 6.55. The molecule has 0 saturated carbocycles. The van der Waals surface area contributed by atoms with Crippen molar-refractivity contribution in [2.45, 2.75) is 13.0 Å². The lowest BCUT2D eigenvalue weighted by Crippen LogP contribution is -2.28. The van der Waals surface area contributed by atoms with Crippen LogP contribution in [0.25, 0.3) is 5.57 Å². The lowest BCUT2D eigenvalue weighted by atomic mass is 9.99. The smallest absolute Gasteiger partial charge is 0.123 e. The van der Waals surface area contributed by atoms with E-state index in [1.807, 2.05) is 6.07 Å². The van der Waals surface area contributed by atoms with Crippen molar-refractivity contribution < 1.29 is 4.39 Å². The molecule has 0 atom stereocenters. The van der Waals surface area contributed by atoms with E-state index in [0.29, 0.717) is 12.1 Å². The van der Waals surface area contributed by atoms with Crippen molar-refractivity contribution in [3.8, 4) is 6.07 Å². The highest BCUT2D eigenvalue weighted by molar-refractivity contribution is 5.66. The molecule has 0 radical (unpaired) electrons. The first-order valence-electron chi connectivity index (χ1n) is 7.41. The minimum Gasteiger partial charge on any atom is -0.295 e. The predicted octanol–water partition coefficient (Wildman–Crippen LogP) is 3.99. The van der Waals surface area contributed by atoms with Gasteiger partial charge in [-0.05, 0) is 41.3 Å². The molecule has 22 heavy (non-hydrogen) atoms. The van der Waals surface area contributed by atoms with Gasteiger partial charge in [-0.2, -0.15) is 5.26 Å². The number of rotatable bonds is 3. The topological polar surface area (TPSA) is 27.0 Å². The number of hydrogen-bond acceptors (Lipinski definition) is 2. The minimum atomic E-state index is -0.286. The first-order chi connectivity index (χ1) is 10.8. The van der Waals surface area contributed by atoms with Gasteiger partial charge in [-0.15, -0.1) is 0 Å². The van der Waals surface area contributed by atoms with Crippen molar-refractivity contribution in [3.63, 3.8) is 0 Å². The second-order valence-corrected chi connectivity index (χ2v) is 5.49. The fourth-order valence-corrected chi connectivity index (χ4v) is 2.81. The molecule has 2 aromatic rings. The van der Waals surface area contributed by atoms with Crippen molar-refractivity contribution in [3.05, 3.63) is 77.1 Å². The summed E-state index contributed by atoms with van der Waals surface area (Å²) in [4.78, 5) is 2.24. The lowest BCUT2D eigenvalue weighted by molar-refractivity contribution is 0.293. The average molecular weight is 292 g/mol. The zero-order valence-electron chi connectivity index (χ0n) is 12.3. The molecule has 110 valence electrons. The molecule has 1 aliphatic heterocycles. The van der Waals surface area contributed by atoms with Gasteiger partial charge in [-0.1, -0.05) is 36.4 Å². The molecule has 1 aliphatic rings. The Morgan fingerprint density at radius 1 is 1.14 bits per heavy atom. The Hall–Kier alpha value is -2.44. The molecule has 0 aliphatic carbocycles. The molecule has 0 unspecified atom stereocenters. The van der Waals surface area contributed by atoms with Gasteiger partial charge in [0.05, 0.1) is 11.6 Å². The molecule has 0 bridgehead atoms. The zero-order valence-corrected chi connectivity index (χ0v) is 12.3. The van der Waals surface area contributed by atoms with Gasteiger partial charge in [0.15, 0.2) is 0 Å². The van der Waals surface area contributed by atoms with Crippen LogP contribution >= 0.6 is 0 Å². The number of nitrogens with zero attached hydrogens (tertiary/aromatic N) is 2. The average Bonchev–Trinajstić information content (AvgIpc) is 2.57. The van der Waals surface area contributed by atoms with Crippen LogP contribution in [0.15, 0.2) is 54.6 Å². The Morgan fingerprint density at radius 2 is 1.95 bits per heavy atom. The van der Waals surface area contributed by atoms with E-state index in [2.05, 4.69) is 41.3 Å². The highest BCUT2D eigenvalue weighted by atomic mass is 19.1. The summed E-state index contributed by atoms with van der Waals surface area (Å²) in [5.74, 6) is -0.286. The van der Waals surface area contributed by atoms with Crippen molar-refractivity contribution in [1.82, 2.24) is 4.90 Å². The van der Waals surface area contributed by atoms with E-state index in [9.17, 15) is 4.39 Å². The summed E-state index contributed by atoms with van der Waals surface area (Å²) in [6.07, 6.45) is 3.20. The molecule has 0 amide bonds. The summed E-state index contributed by atoms with van der Waals surface area (Å²) in [5.41, 5.74) is 3.94. The van der Waals surface area contributed by atoms with Crippen LogP contribution in [0.5, 0.6) is 0 Å². The number of halogens is 1. The van der Waals surface area contributed by atoms with E-state index >= 15 is 0 Å². The summed E-state index contributed by atoms with van der Waals surface area (Å²) in [5, 5.41) is 9.13. The van der Waals surface area contributed by atoms with Crippen LogP contribution in [0.2, 0.25) is 0 Å². The van der Waals surface area contributed by atoms with Crippen molar-refractivity contribution in [1.29, 1.82) is 5.26 Å². The van der Waals surface area contributed by atoms with Gasteiger partial charge in [-0.3, -0.25) is 4.90 Å². The van der Waals surface area contributed by atoms with Gasteiger partial charge < -0.3 is 0 Å². The zero-order chi connectivity index (χ0) is 15.4. The molecule has 3 rings (SSSR count). The highest BCUT2D eigenvalue weighted by Gasteiger charge is 2.15. The SMILES string of the molecule is N#Cc1ccc(F)cc1CN1CC=C(c2ccccc2)CC1. The van der Waals surface area contributed by atoms with Crippen LogP contribution in [-0.4, -0.2) is 18.0 Å². The van der Waals surface area contributed by atoms with Crippen molar-refractivity contribution >= 4 is 5.57 Å². The molecule has 0 aromatic heterocycles. The Kier molecular flexibility index (Phi) is 4.32. The normalized spacial score (nSPS) is 15.2. The van der Waals surface area contributed by atoms with E-state index in [1.165, 1.54) is 23.3 Å². The van der Waals surface area contributed by atoms with Crippen LogP contribution in [0.3, 0.4) is 0 Å². The predicted molar refractivity (Wildman–Crippen MR) is 85.4 cm³/mol. The lowest BCUT2D eigenvalue weighted by Gasteiger charge is -2.26. The molecular formula is C19H17FN2. The Bertz CT molecular complexity index is 729. The molecule has 2 nitrogen and oxygen atoms in total. The van der Waals surface area contributed by atoms with E-state index < -0.39 is 0 Å². The summed E-state index contributed by atoms with van der Waals surface area (Å²) in [7, 11) is 0. The monoisotopic (exact) mass is 292 g/mol. The van der Waals surface area contributed by atoms with Gasteiger partial charge in [-0.25, -0.2) is 4.39 Å². The minimum absolute atomic E-state index is 0.286. The summed E-state index contributed by atoms with van der Waals surface area (Å²) in [6.45, 7) is 2.35. The molecule has 0 spiro atoms. The fraction of sp³-hybridized carbons (Fsp3) is 0.211. The van der Waals surface area contributed by atoms with Gasteiger partial charge >= 0.3 is 0 Å². The summed E-state index contributed by atoms with van der Waals surface area (Å²) >= 11 is 0. The first-order valence-corrected chi connectivity index (χ1v) is 7.41. The molecule has 0 N–H and O–H groups in total. The van der Waals surface area contributed by atoms with E-state index in [4.69, 9.17) is 5.26 Å². The van der Waals surface area contributed by atoms with Crippen molar-refractivity contribution in [2.24, 2.45) is 0 Å². The molecule has 0 saturated heterocycles. The van der Waals surface area contributed by atoms with E-state index in [-0.39, 0.29) is 5.82 Å². The standard InChI is InChI=1S/C19H17FN2/c20-19-7-6-17(13-21)18(12-19)14-22-10-8-16(9-11-22)15-4-2-1-3-5-15/h1-8,12H,9-11,14H2. The quantitative estimate of drug-likeness (QED) is 0.855. The van der Waals surface area contributed by atoms with Gasteiger partial charge in [0, 0.05) is 19.6 Å². The molecule has 0 fully saturated rings. The van der Waals surface area contributed by atoms with Crippen LogP contribution < -0.4 is 0 Å². The Morgan fingerprint density at radius 3 is 2.64 bits per heavy atom. The fourth-order valence-electron chi connectivity index (χ4n) is 2.81. The Labute approximate surface area is 130 Å². The summed E-state index contributed by atoms with van der Waals surface area (Å²) in [6, 6.07) is 16.9. The highest BCUT2D eigenvalue weighted by Crippen LogP contribution is 2.23. The molecule has 2 aromatic carbocycles. The van der Waals surface area contributed by atoms with Gasteiger partial charge in [0.2, 0.25) is 0 Å². The van der Waals surface area contributed by atoms with Gasteiger partial charge in [0.25, 0.3) is 0 Å². The third kappa shape index (κ3) is 3.24. The maximum absolute atomic E-state index is 13.4. The summed E-state index contributed by atoms with van der Waals surface area (Å²) < 4.78 is 13.4.